The number of rotatable bonds is 5. The van der Waals surface area contributed by atoms with Crippen LogP contribution in [0, 0.1) is 10.5 Å². The van der Waals surface area contributed by atoms with Crippen LogP contribution in [0.2, 0.25) is 0 Å². The van der Waals surface area contributed by atoms with Crippen molar-refractivity contribution in [3.63, 3.8) is 0 Å². The van der Waals surface area contributed by atoms with Crippen LogP contribution in [0.4, 0.5) is 5.69 Å². The molecular weight excluding hydrogens is 686 g/mol. The Morgan fingerprint density at radius 1 is 1.24 bits per heavy atom. The van der Waals surface area contributed by atoms with Gasteiger partial charge in [-0.1, -0.05) is 45.2 Å². The SMILES string of the molecule is Cc1cc(I)ccc1N(CC1OCCCO1)C(=O)CI.O=C(Cl)CI. The first kappa shape index (κ1) is 23.8. The summed E-state index contributed by atoms with van der Waals surface area (Å²) in [7, 11) is 0. The van der Waals surface area contributed by atoms with Crippen molar-refractivity contribution >= 4 is 96.2 Å². The van der Waals surface area contributed by atoms with Crippen molar-refractivity contribution in [2.75, 3.05) is 33.5 Å². The summed E-state index contributed by atoms with van der Waals surface area (Å²) in [6.07, 6.45) is 0.591. The number of hydrogen-bond acceptors (Lipinski definition) is 4. The van der Waals surface area contributed by atoms with Crippen molar-refractivity contribution in [2.45, 2.75) is 19.6 Å². The van der Waals surface area contributed by atoms with Crippen molar-refractivity contribution in [1.29, 1.82) is 0 Å². The summed E-state index contributed by atoms with van der Waals surface area (Å²) in [5.41, 5.74) is 2.02. The van der Waals surface area contributed by atoms with E-state index in [2.05, 4.69) is 51.2 Å². The highest BCUT2D eigenvalue weighted by atomic mass is 127. The Morgan fingerprint density at radius 3 is 2.32 bits per heavy atom. The molecule has 0 unspecified atom stereocenters. The molecule has 140 valence electrons. The molecule has 0 aliphatic carbocycles. The van der Waals surface area contributed by atoms with Gasteiger partial charge < -0.3 is 14.4 Å². The van der Waals surface area contributed by atoms with Crippen LogP contribution in [0.3, 0.4) is 0 Å². The van der Waals surface area contributed by atoms with Gasteiger partial charge >= 0.3 is 0 Å². The number of benzene rings is 1. The Labute approximate surface area is 193 Å². The average molecular weight is 705 g/mol. The fourth-order valence-electron chi connectivity index (χ4n) is 2.12. The quantitative estimate of drug-likeness (QED) is 0.261. The van der Waals surface area contributed by atoms with Gasteiger partial charge in [0, 0.05) is 9.26 Å². The summed E-state index contributed by atoms with van der Waals surface area (Å²) < 4.78 is 13.1. The van der Waals surface area contributed by atoms with Gasteiger partial charge in [0.15, 0.2) is 6.29 Å². The minimum Gasteiger partial charge on any atom is -0.351 e. The van der Waals surface area contributed by atoms with Crippen LogP contribution in [0.1, 0.15) is 12.0 Å². The maximum atomic E-state index is 12.2. The highest BCUT2D eigenvalue weighted by Crippen LogP contribution is 2.24. The molecule has 1 heterocycles. The van der Waals surface area contributed by atoms with Crippen molar-refractivity contribution in [2.24, 2.45) is 0 Å². The Kier molecular flexibility index (Phi) is 12.4. The van der Waals surface area contributed by atoms with Crippen LogP contribution in [0.5, 0.6) is 0 Å². The predicted octanol–water partition coefficient (Wildman–Crippen LogP) is 4.32. The molecule has 1 aromatic carbocycles. The standard InChI is InChI=1S/C14H17I2NO3.C2H2ClIO/c1-10-7-11(16)3-4-12(10)17(13(18)8-15)9-14-19-5-2-6-20-14;3-2(5)1-4/h3-4,7,14H,2,5-6,8-9H2,1H3;1H2. The van der Waals surface area contributed by atoms with Crippen molar-refractivity contribution in [3.8, 4) is 0 Å². The van der Waals surface area contributed by atoms with E-state index >= 15 is 0 Å². The lowest BCUT2D eigenvalue weighted by Gasteiger charge is -2.30. The highest BCUT2D eigenvalue weighted by molar-refractivity contribution is 14.1. The molecule has 1 aromatic rings. The van der Waals surface area contributed by atoms with E-state index in [0.717, 1.165) is 21.2 Å². The van der Waals surface area contributed by atoms with E-state index in [9.17, 15) is 9.59 Å². The molecule has 1 fully saturated rings. The lowest BCUT2D eigenvalue weighted by Crippen LogP contribution is -2.42. The van der Waals surface area contributed by atoms with Gasteiger partial charge in [0.2, 0.25) is 11.1 Å². The summed E-state index contributed by atoms with van der Waals surface area (Å²) >= 11 is 11.1. The summed E-state index contributed by atoms with van der Waals surface area (Å²) in [5, 5.41) is -0.286. The fraction of sp³-hybridized carbons (Fsp3) is 0.500. The summed E-state index contributed by atoms with van der Waals surface area (Å²) in [5.74, 6) is 0.0766. The normalized spacial score (nSPS) is 14.4. The van der Waals surface area contributed by atoms with Gasteiger partial charge in [0.1, 0.15) is 0 Å². The first-order valence-corrected chi connectivity index (χ1v) is 12.0. The number of alkyl halides is 2. The van der Waals surface area contributed by atoms with E-state index in [4.69, 9.17) is 21.1 Å². The van der Waals surface area contributed by atoms with Gasteiger partial charge in [0.25, 0.3) is 0 Å². The molecule has 0 saturated carbocycles. The Morgan fingerprint density at radius 2 is 1.84 bits per heavy atom. The molecule has 0 N–H and O–H groups in total. The van der Waals surface area contributed by atoms with Gasteiger partial charge in [0.05, 0.1) is 28.6 Å². The minimum atomic E-state index is -0.325. The van der Waals surface area contributed by atoms with E-state index < -0.39 is 0 Å². The number of nitrogens with zero attached hydrogens (tertiary/aromatic N) is 1. The maximum Gasteiger partial charge on any atom is 0.237 e. The fourth-order valence-corrected chi connectivity index (χ4v) is 3.18. The van der Waals surface area contributed by atoms with Crippen LogP contribution in [0.25, 0.3) is 0 Å². The van der Waals surface area contributed by atoms with Crippen molar-refractivity contribution in [3.05, 3.63) is 27.3 Å². The molecule has 9 heteroatoms. The Hall–Kier alpha value is 0.760. The van der Waals surface area contributed by atoms with Crippen LogP contribution in [-0.4, -0.2) is 46.1 Å². The van der Waals surface area contributed by atoms with E-state index in [-0.39, 0.29) is 17.4 Å². The molecule has 1 amide bonds. The third-order valence-corrected chi connectivity index (χ3v) is 5.80. The third-order valence-electron chi connectivity index (χ3n) is 3.20. The van der Waals surface area contributed by atoms with Gasteiger partial charge in [-0.25, -0.2) is 0 Å². The second-order valence-electron chi connectivity index (χ2n) is 5.08. The molecular formula is C16H19ClI3NO4. The second-order valence-corrected chi connectivity index (χ2v) is 8.28. The van der Waals surface area contributed by atoms with Gasteiger partial charge in [-0.05, 0) is 71.3 Å². The minimum absolute atomic E-state index is 0.0766. The van der Waals surface area contributed by atoms with Crippen LogP contribution in [0.15, 0.2) is 18.2 Å². The first-order valence-electron chi connectivity index (χ1n) is 7.49. The van der Waals surface area contributed by atoms with Crippen LogP contribution < -0.4 is 4.90 Å². The number of carbonyl (C=O) groups excluding carboxylic acids is 2. The zero-order valence-electron chi connectivity index (χ0n) is 13.6. The number of hydrogen-bond donors (Lipinski definition) is 0. The lowest BCUT2D eigenvalue weighted by molar-refractivity contribution is -0.173. The van der Waals surface area contributed by atoms with E-state index in [1.54, 1.807) is 4.90 Å². The Balaban J connectivity index is 0.000000550. The highest BCUT2D eigenvalue weighted by Gasteiger charge is 2.23. The zero-order chi connectivity index (χ0) is 18.8. The monoisotopic (exact) mass is 705 g/mol. The summed E-state index contributed by atoms with van der Waals surface area (Å²) in [6.45, 7) is 3.86. The molecule has 0 atom stereocenters. The molecule has 1 saturated heterocycles. The number of ether oxygens (including phenoxy) is 2. The average Bonchev–Trinajstić information content (AvgIpc) is 2.61. The number of aryl methyl sites for hydroxylation is 1. The third kappa shape index (κ3) is 9.00. The van der Waals surface area contributed by atoms with Crippen LogP contribution >= 0.6 is 79.4 Å². The van der Waals surface area contributed by atoms with E-state index in [1.165, 1.54) is 0 Å². The summed E-state index contributed by atoms with van der Waals surface area (Å²) in [6, 6.07) is 6.08. The first-order chi connectivity index (χ1) is 11.9. The molecule has 2 rings (SSSR count). The van der Waals surface area contributed by atoms with Crippen LogP contribution in [-0.2, 0) is 19.1 Å². The molecule has 5 nitrogen and oxygen atoms in total. The van der Waals surface area contributed by atoms with E-state index in [1.807, 2.05) is 41.6 Å². The zero-order valence-corrected chi connectivity index (χ0v) is 20.9. The number of carbonyl (C=O) groups is 2. The molecule has 0 aromatic heterocycles. The lowest BCUT2D eigenvalue weighted by atomic mass is 10.2. The topological polar surface area (TPSA) is 55.8 Å². The second kappa shape index (κ2) is 13.0. The van der Waals surface area contributed by atoms with E-state index in [0.29, 0.717) is 28.6 Å². The predicted molar refractivity (Wildman–Crippen MR) is 125 cm³/mol. The van der Waals surface area contributed by atoms with Gasteiger partial charge in [-0.3, -0.25) is 9.59 Å². The molecule has 1 aliphatic heterocycles. The number of amides is 1. The van der Waals surface area contributed by atoms with Crippen molar-refractivity contribution in [1.82, 2.24) is 0 Å². The molecule has 1 aliphatic rings. The van der Waals surface area contributed by atoms with Crippen molar-refractivity contribution < 1.29 is 19.1 Å². The smallest absolute Gasteiger partial charge is 0.237 e. The van der Waals surface area contributed by atoms with Gasteiger partial charge in [-0.15, -0.1) is 0 Å². The molecule has 25 heavy (non-hydrogen) atoms. The summed E-state index contributed by atoms with van der Waals surface area (Å²) in [4.78, 5) is 23.6. The van der Waals surface area contributed by atoms with Gasteiger partial charge in [-0.2, -0.15) is 0 Å². The number of halogens is 4. The maximum absolute atomic E-state index is 12.2. The molecule has 0 spiro atoms. The molecule has 0 radical (unpaired) electrons. The largest absolute Gasteiger partial charge is 0.351 e. The number of anilines is 1. The Bertz CT molecular complexity index is 582. The molecule has 0 bridgehead atoms.